The van der Waals surface area contributed by atoms with Crippen LogP contribution in [0.25, 0.3) is 41.2 Å². The van der Waals surface area contributed by atoms with Crippen molar-refractivity contribution in [1.82, 2.24) is 0 Å². The van der Waals surface area contributed by atoms with Gasteiger partial charge in [-0.15, -0.1) is 49.1 Å². The van der Waals surface area contributed by atoms with Crippen LogP contribution in [0.1, 0.15) is 0 Å². The Bertz CT molecular complexity index is 961. The predicted molar refractivity (Wildman–Crippen MR) is 237 cm³/mol. The van der Waals surface area contributed by atoms with Gasteiger partial charge in [-0.2, -0.15) is 79.1 Å². The van der Waals surface area contributed by atoms with Gasteiger partial charge in [0.25, 0.3) is 0 Å². The van der Waals surface area contributed by atoms with Crippen molar-refractivity contribution in [1.29, 1.82) is 0 Å². The molecule has 0 aromatic heterocycles. The van der Waals surface area contributed by atoms with Crippen LogP contribution in [0, 0.1) is 0 Å². The van der Waals surface area contributed by atoms with E-state index in [1.54, 1.807) is 56.4 Å². The van der Waals surface area contributed by atoms with Crippen LogP contribution in [0.3, 0.4) is 0 Å². The molecular weight excluding hydrogens is 839 g/mol. The molecule has 0 fully saturated rings. The zero-order valence-corrected chi connectivity index (χ0v) is 43.3. The maximum absolute atomic E-state index is 4.84. The molecule has 0 unspecified atom stereocenters. The Hall–Kier alpha value is -0.926. The van der Waals surface area contributed by atoms with Crippen molar-refractivity contribution in [2.75, 3.05) is 56.4 Å². The molecule has 0 aliphatic rings. The monoisotopic (exact) mass is 904 g/mol. The summed E-state index contributed by atoms with van der Waals surface area (Å²) in [5, 5.41) is 14.0. The van der Waals surface area contributed by atoms with Crippen LogP contribution in [0.2, 0.25) is 52.4 Å². The van der Waals surface area contributed by atoms with Crippen LogP contribution < -0.4 is 0 Å². The molecule has 14 heteroatoms. The van der Waals surface area contributed by atoms with Crippen LogP contribution in [-0.4, -0.2) is 89.3 Å². The van der Waals surface area contributed by atoms with Crippen LogP contribution in [-0.2, 0) is 52.4 Å². The van der Waals surface area contributed by atoms with Crippen molar-refractivity contribution in [3.63, 3.8) is 0 Å². The summed E-state index contributed by atoms with van der Waals surface area (Å²) in [4.78, 5) is 19.4. The maximum Gasteiger partial charge on any atom is 4.00 e. The van der Waals surface area contributed by atoms with Crippen LogP contribution in [0.15, 0.2) is 97.6 Å². The third kappa shape index (κ3) is 35.5. The Morgan fingerprint density at radius 2 is 0.480 bits per heavy atom. The van der Waals surface area contributed by atoms with E-state index in [2.05, 4.69) is 100.0 Å². The summed E-state index contributed by atoms with van der Waals surface area (Å²) < 4.78 is 0. The van der Waals surface area contributed by atoms with E-state index >= 15 is 0 Å². The second kappa shape index (κ2) is 35.1. The minimum Gasteiger partial charge on any atom is -0.685 e. The number of rotatable bonds is 12. The maximum atomic E-state index is 4.84. The summed E-state index contributed by atoms with van der Waals surface area (Å²) in [7, 11) is 7.13. The molecule has 0 radical (unpaired) electrons. The average molecular weight is 908 g/mol. The van der Waals surface area contributed by atoms with Gasteiger partial charge in [0, 0.05) is 0 Å². The van der Waals surface area contributed by atoms with E-state index in [9.17, 15) is 0 Å². The van der Waals surface area contributed by atoms with Gasteiger partial charge < -0.3 is 41.2 Å². The van der Waals surface area contributed by atoms with Gasteiger partial charge in [-0.25, -0.2) is 0 Å². The third-order valence-electron chi connectivity index (χ3n) is 5.40. The molecule has 276 valence electrons. The largest absolute Gasteiger partial charge is 4.00 e. The van der Waals surface area contributed by atoms with E-state index < -0.39 is 32.9 Å². The zero-order valence-electron chi connectivity index (χ0n) is 34.3. The molecule has 8 nitrogen and oxygen atoms in total. The molecule has 0 N–H and O–H groups in total. The molecule has 0 saturated carbocycles. The minimum absolute atomic E-state index is 0. The van der Waals surface area contributed by atoms with Gasteiger partial charge >= 0.3 is 52.4 Å². The van der Waals surface area contributed by atoms with Crippen molar-refractivity contribution >= 4 is 55.7 Å². The SMILES string of the molecule is C=C[Si](C)(C)[N-]c1ccccc1[N-][Si](C)(C)C=C.C=C[Si](C)(C)[N-]c1ccccc1[N-][Si](C)(C)C=C.C[N-]C.C[N-]C.C[N-]C.C[N-]C.[Zr+4].[Zr+4]. The zero-order chi connectivity index (χ0) is 38.5. The normalized spacial score (nSPS) is 9.92. The quantitative estimate of drug-likeness (QED) is 0.189. The first-order valence-corrected chi connectivity index (χ1v) is 27.9. The first kappa shape index (κ1) is 61.1. The van der Waals surface area contributed by atoms with E-state index in [0.717, 1.165) is 22.7 Å². The first-order valence-electron chi connectivity index (χ1n) is 15.8. The second-order valence-corrected chi connectivity index (χ2v) is 28.4. The first-order chi connectivity index (χ1) is 22.2. The van der Waals surface area contributed by atoms with E-state index in [1.807, 2.05) is 71.3 Å². The molecule has 0 spiro atoms. The molecule has 50 heavy (non-hydrogen) atoms. The van der Waals surface area contributed by atoms with E-state index in [-0.39, 0.29) is 52.4 Å². The van der Waals surface area contributed by atoms with Crippen molar-refractivity contribution in [3.05, 3.63) is 139 Å². The van der Waals surface area contributed by atoms with Crippen LogP contribution in [0.5, 0.6) is 0 Å². The number of nitrogens with zero attached hydrogens (tertiary/aromatic N) is 8. The summed E-state index contributed by atoms with van der Waals surface area (Å²) in [5.74, 6) is 0. The van der Waals surface area contributed by atoms with Crippen molar-refractivity contribution in [2.45, 2.75) is 52.4 Å². The Kier molecular flexibility index (Phi) is 42.9. The summed E-state index contributed by atoms with van der Waals surface area (Å²) in [6.45, 7) is 32.9. The molecule has 2 aromatic rings. The Labute approximate surface area is 352 Å². The fourth-order valence-corrected chi connectivity index (χ4v) is 6.34. The van der Waals surface area contributed by atoms with Crippen LogP contribution >= 0.6 is 0 Å². The standard InChI is InChI=1S/2C14H22N2Si2.4C2H6N.2Zr/c2*1-7-17(3,4)15-13-11-9-10-12-14(13)16-18(5,6)8-2;4*1-3-2;;/h2*7-12H,1-2H2,3-6H3;4*1-2H3;;/q2*-2;4*-1;2*+4. The molecule has 2 rings (SSSR count). The van der Waals surface area contributed by atoms with E-state index in [4.69, 9.17) is 19.9 Å². The minimum atomic E-state index is -1.72. The Balaban J connectivity index is -0.000000142. The topological polar surface area (TPSA) is 113 Å². The van der Waals surface area contributed by atoms with Crippen molar-refractivity contribution < 1.29 is 52.4 Å². The summed E-state index contributed by atoms with van der Waals surface area (Å²) in [6.07, 6.45) is 0. The Morgan fingerprint density at radius 1 is 0.360 bits per heavy atom. The molecule has 0 atom stereocenters. The molecular formula is C36H68N8Si4Zr2. The fourth-order valence-electron chi connectivity index (χ4n) is 2.73. The van der Waals surface area contributed by atoms with Gasteiger partial charge in [0.15, 0.2) is 0 Å². The summed E-state index contributed by atoms with van der Waals surface area (Å²) >= 11 is 0. The molecule has 0 bridgehead atoms. The van der Waals surface area contributed by atoms with Gasteiger partial charge in [-0.05, 0) is 32.9 Å². The fraction of sp³-hybridized carbons (Fsp3) is 0.444. The number of benzene rings is 2. The average Bonchev–Trinajstić information content (AvgIpc) is 3.01. The second-order valence-electron chi connectivity index (χ2n) is 12.6. The van der Waals surface area contributed by atoms with E-state index in [0.29, 0.717) is 0 Å². The molecule has 0 aliphatic heterocycles. The van der Waals surface area contributed by atoms with Gasteiger partial charge in [0.1, 0.15) is 0 Å². The van der Waals surface area contributed by atoms with Gasteiger partial charge in [-0.1, -0.05) is 101 Å². The van der Waals surface area contributed by atoms with Gasteiger partial charge in [0.2, 0.25) is 0 Å². The van der Waals surface area contributed by atoms with Crippen molar-refractivity contribution in [2.24, 2.45) is 0 Å². The molecule has 0 aliphatic carbocycles. The summed E-state index contributed by atoms with van der Waals surface area (Å²) in [6, 6.07) is 16.2. The number of hydrogen-bond acceptors (Lipinski definition) is 0. The third-order valence-corrected chi connectivity index (χ3v) is 12.7. The smallest absolute Gasteiger partial charge is 0.685 e. The van der Waals surface area contributed by atoms with Gasteiger partial charge in [0.05, 0.1) is 0 Å². The van der Waals surface area contributed by atoms with Crippen molar-refractivity contribution in [3.8, 4) is 0 Å². The molecule has 0 amide bonds. The molecule has 0 heterocycles. The molecule has 2 aromatic carbocycles. The summed E-state index contributed by atoms with van der Waals surface area (Å²) in [5.41, 5.74) is 11.9. The number of hydrogen-bond donors (Lipinski definition) is 0. The predicted octanol–water partition coefficient (Wildman–Crippen LogP) is 13.6. The Morgan fingerprint density at radius 3 is 0.580 bits per heavy atom. The molecule has 0 saturated heterocycles. The van der Waals surface area contributed by atoms with E-state index in [1.165, 1.54) is 0 Å². The van der Waals surface area contributed by atoms with Gasteiger partial charge in [-0.3, -0.25) is 0 Å². The van der Waals surface area contributed by atoms with Crippen LogP contribution in [0.4, 0.5) is 22.7 Å².